The lowest BCUT2D eigenvalue weighted by Gasteiger charge is -2.38. The molecule has 7 nitrogen and oxygen atoms in total. The fraction of sp³-hybridized carbons (Fsp3) is 0.516. The Balaban J connectivity index is 2.57. The van der Waals surface area contributed by atoms with Gasteiger partial charge in [0.1, 0.15) is 17.7 Å². The van der Waals surface area contributed by atoms with Gasteiger partial charge in [-0.3, -0.25) is 9.59 Å². The number of alkyl carbamates (subject to hydrolysis) is 1. The largest absolute Gasteiger partial charge is 0.444 e. The maximum absolute atomic E-state index is 14.2. The third-order valence-electron chi connectivity index (χ3n) is 6.61. The van der Waals surface area contributed by atoms with Crippen molar-refractivity contribution in [3.8, 4) is 0 Å². The van der Waals surface area contributed by atoms with Crippen LogP contribution in [-0.4, -0.2) is 40.5 Å². The van der Waals surface area contributed by atoms with Crippen LogP contribution in [0.2, 0.25) is 0 Å². The summed E-state index contributed by atoms with van der Waals surface area (Å²) >= 11 is 0. The van der Waals surface area contributed by atoms with E-state index in [1.54, 1.807) is 25.7 Å². The van der Waals surface area contributed by atoms with Gasteiger partial charge in [0.15, 0.2) is 0 Å². The zero-order chi connectivity index (χ0) is 28.8. The van der Waals surface area contributed by atoms with Crippen LogP contribution in [0.1, 0.15) is 83.2 Å². The van der Waals surface area contributed by atoms with E-state index in [4.69, 9.17) is 4.74 Å². The number of carbonyl (C=O) groups excluding carboxylic acids is 3. The Kier molecular flexibility index (Phi) is 10.5. The van der Waals surface area contributed by atoms with Crippen LogP contribution >= 0.6 is 0 Å². The van der Waals surface area contributed by atoms with Crippen molar-refractivity contribution in [2.75, 3.05) is 5.32 Å². The maximum atomic E-state index is 14.2. The summed E-state index contributed by atoms with van der Waals surface area (Å²) in [6, 6.07) is 11.4. The molecular weight excluding hydrogens is 478 g/mol. The molecule has 0 bridgehead atoms. The predicted molar refractivity (Wildman–Crippen MR) is 153 cm³/mol. The summed E-state index contributed by atoms with van der Waals surface area (Å²) < 4.78 is 5.46. The molecule has 0 aliphatic heterocycles. The second kappa shape index (κ2) is 12.9. The summed E-state index contributed by atoms with van der Waals surface area (Å²) in [6.07, 6.45) is -0.00573. The summed E-state index contributed by atoms with van der Waals surface area (Å²) in [5.74, 6) is -0.826. The van der Waals surface area contributed by atoms with E-state index in [1.807, 2.05) is 90.9 Å². The highest BCUT2D eigenvalue weighted by molar-refractivity contribution is 6.00. The lowest BCUT2D eigenvalue weighted by molar-refractivity contribution is -0.144. The van der Waals surface area contributed by atoms with Crippen LogP contribution in [0.3, 0.4) is 0 Å². The molecule has 2 N–H and O–H groups in total. The van der Waals surface area contributed by atoms with E-state index in [1.165, 1.54) is 0 Å². The number of nitrogens with one attached hydrogen (secondary N) is 2. The molecule has 0 fully saturated rings. The number of hydrogen-bond donors (Lipinski definition) is 2. The molecule has 0 heterocycles. The van der Waals surface area contributed by atoms with Crippen molar-refractivity contribution in [2.45, 2.75) is 99.4 Å². The number of benzene rings is 2. The zero-order valence-electron chi connectivity index (χ0n) is 24.6. The molecule has 0 aliphatic carbocycles. The number of para-hydroxylation sites is 1. The van der Waals surface area contributed by atoms with Crippen LogP contribution in [0.25, 0.3) is 0 Å². The zero-order valence-corrected chi connectivity index (χ0v) is 24.6. The molecule has 0 spiro atoms. The minimum Gasteiger partial charge on any atom is -0.444 e. The van der Waals surface area contributed by atoms with Gasteiger partial charge in [-0.15, -0.1) is 0 Å². The van der Waals surface area contributed by atoms with Crippen molar-refractivity contribution in [3.63, 3.8) is 0 Å². The summed E-state index contributed by atoms with van der Waals surface area (Å²) in [6.45, 7) is 18.8. The van der Waals surface area contributed by atoms with Gasteiger partial charge in [-0.2, -0.15) is 0 Å². The van der Waals surface area contributed by atoms with E-state index in [0.29, 0.717) is 12.0 Å². The van der Waals surface area contributed by atoms with E-state index in [-0.39, 0.29) is 23.8 Å². The summed E-state index contributed by atoms with van der Waals surface area (Å²) in [5.41, 5.74) is 3.65. The molecule has 0 aromatic heterocycles. The molecule has 208 valence electrons. The van der Waals surface area contributed by atoms with Gasteiger partial charge >= 0.3 is 6.09 Å². The first-order valence-corrected chi connectivity index (χ1v) is 13.4. The van der Waals surface area contributed by atoms with Crippen molar-refractivity contribution in [2.24, 2.45) is 5.92 Å². The van der Waals surface area contributed by atoms with E-state index in [9.17, 15) is 14.4 Å². The second-order valence-corrected chi connectivity index (χ2v) is 11.4. The Hall–Kier alpha value is -3.35. The average Bonchev–Trinajstić information content (AvgIpc) is 2.81. The SMILES string of the molecule is CCC(C)C(NC(=O)OC(C)(C)C)C(=O)N(C(C)C)C(C(=O)Nc1c(C)cccc1C)c1ccc(C)cc1. The van der Waals surface area contributed by atoms with Gasteiger partial charge in [0, 0.05) is 11.7 Å². The topological polar surface area (TPSA) is 87.7 Å². The van der Waals surface area contributed by atoms with Gasteiger partial charge in [0.05, 0.1) is 0 Å². The molecular formula is C31H45N3O4. The fourth-order valence-electron chi connectivity index (χ4n) is 4.35. The smallest absolute Gasteiger partial charge is 0.408 e. The van der Waals surface area contributed by atoms with E-state index >= 15 is 0 Å². The standard InChI is InChI=1S/C31H45N3O4/c1-11-21(5)26(33-30(37)38-31(8,9)10)29(36)34(19(2)3)27(24-17-15-20(4)16-18-24)28(35)32-25-22(6)13-12-14-23(25)7/h12-19,21,26-27H,11H2,1-10H3,(H,32,35)(H,33,37). The van der Waals surface area contributed by atoms with Crippen LogP contribution in [0.5, 0.6) is 0 Å². The first-order valence-electron chi connectivity index (χ1n) is 13.4. The van der Waals surface area contributed by atoms with Crippen molar-refractivity contribution in [3.05, 3.63) is 64.7 Å². The third kappa shape index (κ3) is 8.07. The molecule has 7 heteroatoms. The number of amides is 3. The van der Waals surface area contributed by atoms with E-state index < -0.39 is 23.8 Å². The molecule has 0 saturated carbocycles. The van der Waals surface area contributed by atoms with Crippen molar-refractivity contribution >= 4 is 23.6 Å². The van der Waals surface area contributed by atoms with Crippen LogP contribution in [0.4, 0.5) is 10.5 Å². The quantitative estimate of drug-likeness (QED) is 0.394. The molecule has 0 saturated heterocycles. The number of hydrogen-bond acceptors (Lipinski definition) is 4. The molecule has 3 unspecified atom stereocenters. The minimum atomic E-state index is -0.908. The number of rotatable bonds is 9. The van der Waals surface area contributed by atoms with Crippen molar-refractivity contribution in [1.29, 1.82) is 0 Å². The predicted octanol–water partition coefficient (Wildman–Crippen LogP) is 6.47. The molecule has 0 aliphatic rings. The van der Waals surface area contributed by atoms with Gasteiger partial charge < -0.3 is 20.3 Å². The highest BCUT2D eigenvalue weighted by Crippen LogP contribution is 2.29. The molecule has 2 aromatic carbocycles. The molecule has 3 atom stereocenters. The van der Waals surface area contributed by atoms with Crippen molar-refractivity contribution < 1.29 is 19.1 Å². The molecule has 38 heavy (non-hydrogen) atoms. The highest BCUT2D eigenvalue weighted by atomic mass is 16.6. The first kappa shape index (κ1) is 30.9. The highest BCUT2D eigenvalue weighted by Gasteiger charge is 2.39. The minimum absolute atomic E-state index is 0.184. The van der Waals surface area contributed by atoms with Gasteiger partial charge in [-0.05, 0) is 78.0 Å². The number of carbonyl (C=O) groups is 3. The van der Waals surface area contributed by atoms with Crippen molar-refractivity contribution in [1.82, 2.24) is 10.2 Å². The summed E-state index contributed by atoms with van der Waals surface area (Å²) in [5, 5.41) is 5.89. The van der Waals surface area contributed by atoms with Crippen LogP contribution < -0.4 is 10.6 Å². The number of nitrogens with zero attached hydrogens (tertiary/aromatic N) is 1. The summed E-state index contributed by atoms with van der Waals surface area (Å²) in [4.78, 5) is 42.6. The summed E-state index contributed by atoms with van der Waals surface area (Å²) in [7, 11) is 0. The van der Waals surface area contributed by atoms with Gasteiger partial charge in [0.2, 0.25) is 5.91 Å². The van der Waals surface area contributed by atoms with Gasteiger partial charge in [0.25, 0.3) is 5.91 Å². The van der Waals surface area contributed by atoms with Gasteiger partial charge in [-0.1, -0.05) is 68.3 Å². The molecule has 2 aromatic rings. The normalized spacial score (nSPS) is 13.9. The lowest BCUT2D eigenvalue weighted by Crippen LogP contribution is -2.56. The van der Waals surface area contributed by atoms with Crippen LogP contribution in [-0.2, 0) is 14.3 Å². The number of aryl methyl sites for hydroxylation is 3. The number of ether oxygens (including phenoxy) is 1. The molecule has 0 radical (unpaired) electrons. The fourth-order valence-corrected chi connectivity index (χ4v) is 4.35. The Morgan fingerprint density at radius 2 is 1.47 bits per heavy atom. The van der Waals surface area contributed by atoms with E-state index in [2.05, 4.69) is 10.6 Å². The second-order valence-electron chi connectivity index (χ2n) is 11.4. The maximum Gasteiger partial charge on any atom is 0.408 e. The lowest BCUT2D eigenvalue weighted by atomic mass is 9.94. The van der Waals surface area contributed by atoms with Gasteiger partial charge in [-0.25, -0.2) is 4.79 Å². The molecule has 2 rings (SSSR count). The Morgan fingerprint density at radius 3 is 1.95 bits per heavy atom. The van der Waals surface area contributed by atoms with E-state index in [0.717, 1.165) is 22.4 Å². The third-order valence-corrected chi connectivity index (χ3v) is 6.61. The Morgan fingerprint density at radius 1 is 0.921 bits per heavy atom. The number of anilines is 1. The van der Waals surface area contributed by atoms with Crippen LogP contribution in [0.15, 0.2) is 42.5 Å². The average molecular weight is 524 g/mol. The Bertz CT molecular complexity index is 1100. The Labute approximate surface area is 228 Å². The first-order chi connectivity index (χ1) is 17.7. The molecule has 3 amide bonds. The monoisotopic (exact) mass is 523 g/mol. The van der Waals surface area contributed by atoms with Crippen LogP contribution in [0, 0.1) is 26.7 Å².